The van der Waals surface area contributed by atoms with Gasteiger partial charge in [-0.25, -0.2) is 0 Å². The van der Waals surface area contributed by atoms with E-state index >= 15 is 0 Å². The summed E-state index contributed by atoms with van der Waals surface area (Å²) in [6.45, 7) is 17.0. The maximum atomic E-state index is 12.1. The predicted octanol–water partition coefficient (Wildman–Crippen LogP) is 2.81. The van der Waals surface area contributed by atoms with Crippen molar-refractivity contribution in [3.05, 3.63) is 23.3 Å². The highest BCUT2D eigenvalue weighted by Gasteiger charge is 2.68. The highest BCUT2D eigenvalue weighted by molar-refractivity contribution is 5.21. The summed E-state index contributed by atoms with van der Waals surface area (Å²) in [7, 11) is 0. The number of hydrogen-bond donors (Lipinski definition) is 8. The van der Waals surface area contributed by atoms with Crippen molar-refractivity contribution in [3.63, 3.8) is 0 Å². The van der Waals surface area contributed by atoms with Crippen molar-refractivity contribution in [3.8, 4) is 0 Å². The predicted molar refractivity (Wildman–Crippen MR) is 199 cm³/mol. The van der Waals surface area contributed by atoms with Crippen molar-refractivity contribution in [1.29, 1.82) is 0 Å². The second-order valence-corrected chi connectivity index (χ2v) is 19.3. The van der Waals surface area contributed by atoms with Crippen LogP contribution in [0.3, 0.4) is 0 Å². The van der Waals surface area contributed by atoms with E-state index in [1.807, 2.05) is 0 Å². The highest BCUT2D eigenvalue weighted by atomic mass is 16.8. The van der Waals surface area contributed by atoms with Gasteiger partial charge in [-0.05, 0) is 117 Å². The molecule has 20 atom stereocenters. The van der Waals surface area contributed by atoms with Gasteiger partial charge in [0.15, 0.2) is 12.6 Å². The Morgan fingerprint density at radius 3 is 1.94 bits per heavy atom. The topological polar surface area (TPSA) is 199 Å². The highest BCUT2D eigenvalue weighted by Crippen LogP contribution is 2.72. The van der Waals surface area contributed by atoms with Gasteiger partial charge in [0.1, 0.15) is 48.8 Å². The second-order valence-electron chi connectivity index (χ2n) is 19.3. The molecule has 310 valence electrons. The summed E-state index contributed by atoms with van der Waals surface area (Å²) in [6, 6.07) is 0. The third-order valence-electron chi connectivity index (χ3n) is 15.6. The molecule has 6 aliphatic rings. The Kier molecular flexibility index (Phi) is 12.6. The van der Waals surface area contributed by atoms with Crippen LogP contribution in [0, 0.1) is 51.8 Å². The van der Waals surface area contributed by atoms with Gasteiger partial charge >= 0.3 is 0 Å². The SMILES string of the molecule is CC(C)=CC/C=C(\C)[C@H]1CC[C@]2(C)[C@@H]3[C@H](C)C[C@@H]4C(C)(C)[C@H](O[C@@H]5O[C@H](CO)[C@@H](O)[C@H](O)[C@H]5O[C@@H]5O[C@H](CO)[C@@H](O)[C@H](O)[C@H]5O)CC[C@]4(C)[C@@H]3C[C@H](O)[C@H]12. The molecule has 2 aliphatic heterocycles. The first-order valence-electron chi connectivity index (χ1n) is 20.5. The molecule has 12 nitrogen and oxygen atoms in total. The van der Waals surface area contributed by atoms with E-state index in [-0.39, 0.29) is 34.9 Å². The van der Waals surface area contributed by atoms with Gasteiger partial charge in [-0.2, -0.15) is 0 Å². The molecule has 0 amide bonds. The summed E-state index contributed by atoms with van der Waals surface area (Å²) in [5, 5.41) is 85.4. The number of aliphatic hydroxyl groups excluding tert-OH is 8. The minimum absolute atomic E-state index is 0.0324. The van der Waals surface area contributed by atoms with Gasteiger partial charge in [0.05, 0.1) is 25.4 Å². The molecule has 4 aliphatic carbocycles. The number of aliphatic hydroxyl groups is 8. The molecule has 54 heavy (non-hydrogen) atoms. The van der Waals surface area contributed by atoms with Crippen LogP contribution in [0.15, 0.2) is 23.3 Å². The number of ether oxygens (including phenoxy) is 4. The molecule has 0 radical (unpaired) electrons. The monoisotopic (exact) mass is 766 g/mol. The first kappa shape index (κ1) is 42.6. The average Bonchev–Trinajstić information content (AvgIpc) is 3.48. The molecule has 6 rings (SSSR count). The van der Waals surface area contributed by atoms with Crippen molar-refractivity contribution in [1.82, 2.24) is 0 Å². The fourth-order valence-electron chi connectivity index (χ4n) is 12.9. The van der Waals surface area contributed by atoms with Gasteiger partial charge in [0.25, 0.3) is 0 Å². The van der Waals surface area contributed by atoms with Crippen LogP contribution >= 0.6 is 0 Å². The van der Waals surface area contributed by atoms with E-state index in [1.54, 1.807) is 0 Å². The molecular formula is C42H70O12. The van der Waals surface area contributed by atoms with E-state index in [4.69, 9.17) is 18.9 Å². The van der Waals surface area contributed by atoms with Crippen molar-refractivity contribution in [2.45, 2.75) is 174 Å². The Morgan fingerprint density at radius 1 is 0.704 bits per heavy atom. The van der Waals surface area contributed by atoms with Gasteiger partial charge in [-0.1, -0.05) is 57.9 Å². The molecule has 0 bridgehead atoms. The summed E-state index contributed by atoms with van der Waals surface area (Å²) >= 11 is 0. The van der Waals surface area contributed by atoms with Crippen molar-refractivity contribution >= 4 is 0 Å². The minimum atomic E-state index is -1.74. The Bertz CT molecular complexity index is 1360. The Labute approximate surface area is 321 Å². The fraction of sp³-hybridized carbons (Fsp3) is 0.905. The molecule has 2 saturated heterocycles. The number of fused-ring (bicyclic) bond motifs is 5. The molecule has 4 saturated carbocycles. The van der Waals surface area contributed by atoms with Crippen LogP contribution in [-0.2, 0) is 18.9 Å². The number of rotatable bonds is 9. The molecule has 0 aromatic carbocycles. The van der Waals surface area contributed by atoms with E-state index in [1.165, 1.54) is 11.1 Å². The lowest BCUT2D eigenvalue weighted by molar-refractivity contribution is -0.378. The third-order valence-corrected chi connectivity index (χ3v) is 15.6. The van der Waals surface area contributed by atoms with Crippen LogP contribution < -0.4 is 0 Å². The molecule has 0 spiro atoms. The van der Waals surface area contributed by atoms with Gasteiger partial charge < -0.3 is 59.8 Å². The zero-order valence-electron chi connectivity index (χ0n) is 33.6. The van der Waals surface area contributed by atoms with E-state index in [2.05, 4.69) is 67.5 Å². The van der Waals surface area contributed by atoms with Gasteiger partial charge in [0.2, 0.25) is 0 Å². The molecule has 6 fully saturated rings. The average molecular weight is 767 g/mol. The fourth-order valence-corrected chi connectivity index (χ4v) is 12.9. The minimum Gasteiger partial charge on any atom is -0.394 e. The van der Waals surface area contributed by atoms with E-state index in [9.17, 15) is 40.9 Å². The van der Waals surface area contributed by atoms with Crippen molar-refractivity contribution < 1.29 is 59.8 Å². The van der Waals surface area contributed by atoms with Crippen molar-refractivity contribution in [2.24, 2.45) is 51.8 Å². The Balaban J connectivity index is 1.23. The van der Waals surface area contributed by atoms with Gasteiger partial charge in [-0.3, -0.25) is 0 Å². The lowest BCUT2D eigenvalue weighted by atomic mass is 9.38. The Morgan fingerprint density at radius 2 is 1.31 bits per heavy atom. The number of hydrogen-bond acceptors (Lipinski definition) is 12. The first-order valence-corrected chi connectivity index (χ1v) is 20.5. The third kappa shape index (κ3) is 7.21. The van der Waals surface area contributed by atoms with Crippen LogP contribution in [0.25, 0.3) is 0 Å². The Hall–Kier alpha value is -1.00. The van der Waals surface area contributed by atoms with E-state index < -0.39 is 80.0 Å². The van der Waals surface area contributed by atoms with Crippen molar-refractivity contribution in [2.75, 3.05) is 13.2 Å². The molecule has 0 aromatic rings. The van der Waals surface area contributed by atoms with E-state index in [0.717, 1.165) is 38.5 Å². The zero-order chi connectivity index (χ0) is 39.7. The molecule has 8 N–H and O–H groups in total. The van der Waals surface area contributed by atoms with Crippen LogP contribution in [-0.4, -0.2) is 128 Å². The molecule has 0 unspecified atom stereocenters. The smallest absolute Gasteiger partial charge is 0.187 e. The molecular weight excluding hydrogens is 696 g/mol. The summed E-state index contributed by atoms with van der Waals surface area (Å²) < 4.78 is 24.4. The normalized spacial score (nSPS) is 51.9. The van der Waals surface area contributed by atoms with Crippen LogP contribution in [0.4, 0.5) is 0 Å². The lowest BCUT2D eigenvalue weighted by Crippen LogP contribution is -2.66. The standard InChI is InChI=1S/C42H70O12/c1-20(2)10-9-11-21(3)23-12-14-42(8)30-22(4)16-28-40(5,6)29(13-15-41(28,7)24(30)17-25(45)31(23)42)53-39-37(35(49)33(47)27(19-44)52-39)54-38-36(50)34(48)32(46)26(18-43)51-38/h10-11,22-39,43-50H,9,12-19H2,1-8H3/b21-11+/t22-,23-,24-,25+,26-,27-,28-,29-,30-,31+,32-,33-,34+,35+,36-,37-,38+,39+,41-,42-/m1/s1. The van der Waals surface area contributed by atoms with Crippen LogP contribution in [0.5, 0.6) is 0 Å². The quantitative estimate of drug-likeness (QED) is 0.126. The van der Waals surface area contributed by atoms with Crippen LogP contribution in [0.1, 0.15) is 100 Å². The lowest BCUT2D eigenvalue weighted by Gasteiger charge is -2.68. The summed E-state index contributed by atoms with van der Waals surface area (Å²) in [5.74, 6) is 2.09. The molecule has 2 heterocycles. The maximum absolute atomic E-state index is 12.1. The van der Waals surface area contributed by atoms with E-state index in [0.29, 0.717) is 30.1 Å². The largest absolute Gasteiger partial charge is 0.394 e. The first-order chi connectivity index (χ1) is 25.3. The summed E-state index contributed by atoms with van der Waals surface area (Å²) in [4.78, 5) is 0. The summed E-state index contributed by atoms with van der Waals surface area (Å²) in [6.07, 6.45) is -4.62. The second kappa shape index (κ2) is 16.0. The maximum Gasteiger partial charge on any atom is 0.187 e. The molecule has 12 heteroatoms. The zero-order valence-corrected chi connectivity index (χ0v) is 33.6. The molecule has 0 aromatic heterocycles. The summed E-state index contributed by atoms with van der Waals surface area (Å²) in [5.41, 5.74) is 2.29. The van der Waals surface area contributed by atoms with Gasteiger partial charge in [-0.15, -0.1) is 0 Å². The number of allylic oxidation sites excluding steroid dienone is 4. The van der Waals surface area contributed by atoms with Gasteiger partial charge in [0, 0.05) is 0 Å². The van der Waals surface area contributed by atoms with Crippen LogP contribution in [0.2, 0.25) is 0 Å².